The fourth-order valence-corrected chi connectivity index (χ4v) is 2.76. The molecule has 142 valence electrons. The highest BCUT2D eigenvalue weighted by Gasteiger charge is 2.25. The number of hydrogen-bond donors (Lipinski definition) is 3. The molecule has 8 nitrogen and oxygen atoms in total. The van der Waals surface area contributed by atoms with Crippen LogP contribution in [0.3, 0.4) is 0 Å². The van der Waals surface area contributed by atoms with Crippen LogP contribution in [0.2, 0.25) is 0 Å². The van der Waals surface area contributed by atoms with Gasteiger partial charge in [0.05, 0.1) is 0 Å². The van der Waals surface area contributed by atoms with Gasteiger partial charge in [-0.2, -0.15) is 0 Å². The Balaban J connectivity index is 1.69. The lowest BCUT2D eigenvalue weighted by Crippen LogP contribution is -2.45. The number of aromatic nitrogens is 1. The van der Waals surface area contributed by atoms with Crippen molar-refractivity contribution in [2.24, 2.45) is 4.99 Å². The second-order valence-corrected chi connectivity index (χ2v) is 6.34. The van der Waals surface area contributed by atoms with Gasteiger partial charge in [0.1, 0.15) is 5.82 Å². The van der Waals surface area contributed by atoms with E-state index in [1.807, 2.05) is 24.8 Å². The molecule has 1 aromatic rings. The first-order valence-electron chi connectivity index (χ1n) is 8.99. The summed E-state index contributed by atoms with van der Waals surface area (Å²) < 4.78 is 0. The number of rotatable bonds is 6. The molecule has 2 rings (SSSR count). The van der Waals surface area contributed by atoms with Gasteiger partial charge in [0, 0.05) is 51.8 Å². The second-order valence-electron chi connectivity index (χ2n) is 6.34. The van der Waals surface area contributed by atoms with Crippen molar-refractivity contribution in [1.29, 1.82) is 0 Å². The van der Waals surface area contributed by atoms with Gasteiger partial charge in [0.25, 0.3) is 0 Å². The summed E-state index contributed by atoms with van der Waals surface area (Å²) in [6.45, 7) is 5.74. The third-order valence-corrected chi connectivity index (χ3v) is 4.23. The fraction of sp³-hybridized carbons (Fsp3) is 0.556. The molecule has 0 aliphatic carbocycles. The van der Waals surface area contributed by atoms with Gasteiger partial charge in [-0.3, -0.25) is 14.6 Å². The maximum Gasteiger partial charge on any atom is 0.227 e. The number of nitrogens with zero attached hydrogens (tertiary/aromatic N) is 3. The Bertz CT molecular complexity index is 644. The SMILES string of the molecule is CCC(=O)N1CCC(NC(=NC)NCCC(=O)Nc2ccc(C)cn2)C1. The molecule has 0 bridgehead atoms. The number of pyridine rings is 1. The number of aryl methyl sites for hydroxylation is 1. The number of likely N-dealkylation sites (tertiary alicyclic amines) is 1. The van der Waals surface area contributed by atoms with Crippen LogP contribution in [0.5, 0.6) is 0 Å². The molecule has 0 saturated carbocycles. The quantitative estimate of drug-likeness (QED) is 0.517. The van der Waals surface area contributed by atoms with Crippen LogP contribution in [0.4, 0.5) is 5.82 Å². The van der Waals surface area contributed by atoms with Crippen LogP contribution in [0.1, 0.15) is 31.7 Å². The van der Waals surface area contributed by atoms with Crippen LogP contribution in [-0.4, -0.2) is 60.4 Å². The summed E-state index contributed by atoms with van der Waals surface area (Å²) in [6.07, 6.45) is 3.45. The number of guanidine groups is 1. The fourth-order valence-electron chi connectivity index (χ4n) is 2.76. The third-order valence-electron chi connectivity index (χ3n) is 4.23. The molecule has 8 heteroatoms. The maximum absolute atomic E-state index is 12.0. The zero-order valence-corrected chi connectivity index (χ0v) is 15.7. The van der Waals surface area contributed by atoms with Crippen molar-refractivity contribution < 1.29 is 9.59 Å². The topological polar surface area (TPSA) is 98.7 Å². The number of carbonyl (C=O) groups excluding carboxylic acids is 2. The van der Waals surface area contributed by atoms with Crippen molar-refractivity contribution in [2.45, 2.75) is 39.2 Å². The average Bonchev–Trinajstić information content (AvgIpc) is 3.10. The first-order chi connectivity index (χ1) is 12.5. The number of anilines is 1. The van der Waals surface area contributed by atoms with Crippen LogP contribution in [0.25, 0.3) is 0 Å². The van der Waals surface area contributed by atoms with Crippen molar-refractivity contribution in [3.8, 4) is 0 Å². The molecule has 1 fully saturated rings. The molecule has 1 saturated heterocycles. The van der Waals surface area contributed by atoms with E-state index in [4.69, 9.17) is 0 Å². The maximum atomic E-state index is 12.0. The van der Waals surface area contributed by atoms with E-state index in [9.17, 15) is 9.59 Å². The number of hydrogen-bond acceptors (Lipinski definition) is 4. The van der Waals surface area contributed by atoms with E-state index >= 15 is 0 Å². The van der Waals surface area contributed by atoms with Gasteiger partial charge >= 0.3 is 0 Å². The van der Waals surface area contributed by atoms with E-state index in [1.54, 1.807) is 19.3 Å². The normalized spacial score (nSPS) is 17.1. The highest BCUT2D eigenvalue weighted by molar-refractivity contribution is 5.90. The first kappa shape index (κ1) is 19.7. The lowest BCUT2D eigenvalue weighted by atomic mass is 10.3. The van der Waals surface area contributed by atoms with Gasteiger partial charge in [-0.15, -0.1) is 0 Å². The molecule has 1 aliphatic heterocycles. The molecule has 1 unspecified atom stereocenters. The summed E-state index contributed by atoms with van der Waals surface area (Å²) in [5, 5.41) is 9.20. The minimum atomic E-state index is -0.107. The molecule has 1 aromatic heterocycles. The van der Waals surface area contributed by atoms with Crippen molar-refractivity contribution in [3.63, 3.8) is 0 Å². The Labute approximate surface area is 154 Å². The Morgan fingerprint density at radius 2 is 2.19 bits per heavy atom. The molecular formula is C18H28N6O2. The molecule has 3 N–H and O–H groups in total. The number of carbonyl (C=O) groups is 2. The monoisotopic (exact) mass is 360 g/mol. The smallest absolute Gasteiger partial charge is 0.227 e. The summed E-state index contributed by atoms with van der Waals surface area (Å²) >= 11 is 0. The van der Waals surface area contributed by atoms with E-state index in [1.165, 1.54) is 0 Å². The Morgan fingerprint density at radius 1 is 1.38 bits per heavy atom. The van der Waals surface area contributed by atoms with Gasteiger partial charge in [-0.05, 0) is 25.0 Å². The molecule has 26 heavy (non-hydrogen) atoms. The third kappa shape index (κ3) is 6.02. The molecule has 2 heterocycles. The Morgan fingerprint density at radius 3 is 2.85 bits per heavy atom. The Kier molecular flexibility index (Phi) is 7.37. The van der Waals surface area contributed by atoms with E-state index in [-0.39, 0.29) is 17.9 Å². The van der Waals surface area contributed by atoms with Crippen LogP contribution < -0.4 is 16.0 Å². The second kappa shape index (κ2) is 9.74. The van der Waals surface area contributed by atoms with Crippen LogP contribution in [0, 0.1) is 6.92 Å². The van der Waals surface area contributed by atoms with E-state index < -0.39 is 0 Å². The summed E-state index contributed by atoms with van der Waals surface area (Å²) in [6, 6.07) is 3.87. The number of aliphatic imine (C=N–C) groups is 1. The highest BCUT2D eigenvalue weighted by Crippen LogP contribution is 2.10. The van der Waals surface area contributed by atoms with E-state index in [0.717, 1.165) is 18.5 Å². The van der Waals surface area contributed by atoms with E-state index in [0.29, 0.717) is 37.7 Å². The van der Waals surface area contributed by atoms with Crippen LogP contribution in [0.15, 0.2) is 23.3 Å². The average molecular weight is 360 g/mol. The molecular weight excluding hydrogens is 332 g/mol. The molecule has 0 aromatic carbocycles. The van der Waals surface area contributed by atoms with Gasteiger partial charge in [-0.25, -0.2) is 4.98 Å². The molecule has 2 amide bonds. The van der Waals surface area contributed by atoms with Crippen molar-refractivity contribution in [1.82, 2.24) is 20.5 Å². The number of amides is 2. The summed E-state index contributed by atoms with van der Waals surface area (Å²) in [5.41, 5.74) is 1.05. The predicted octanol–water partition coefficient (Wildman–Crippen LogP) is 0.895. The summed E-state index contributed by atoms with van der Waals surface area (Å²) in [7, 11) is 1.69. The molecule has 0 radical (unpaired) electrons. The van der Waals surface area contributed by atoms with Crippen molar-refractivity contribution in [2.75, 3.05) is 32.0 Å². The summed E-state index contributed by atoms with van der Waals surface area (Å²) in [5.74, 6) is 1.26. The standard InChI is InChI=1S/C18H28N6O2/c1-4-17(26)24-10-8-14(12-24)22-18(19-3)20-9-7-16(25)23-15-6-5-13(2)11-21-15/h5-6,11,14H,4,7-10,12H2,1-3H3,(H2,19,20,22)(H,21,23,25). The largest absolute Gasteiger partial charge is 0.356 e. The zero-order valence-electron chi connectivity index (χ0n) is 15.7. The molecule has 1 aliphatic rings. The van der Waals surface area contributed by atoms with Crippen molar-refractivity contribution >= 4 is 23.6 Å². The van der Waals surface area contributed by atoms with Crippen LogP contribution >= 0.6 is 0 Å². The Hall–Kier alpha value is -2.64. The minimum Gasteiger partial charge on any atom is -0.356 e. The van der Waals surface area contributed by atoms with Gasteiger partial charge in [0.2, 0.25) is 11.8 Å². The zero-order chi connectivity index (χ0) is 18.9. The van der Waals surface area contributed by atoms with E-state index in [2.05, 4.69) is 25.9 Å². The van der Waals surface area contributed by atoms with Crippen LogP contribution in [-0.2, 0) is 9.59 Å². The highest BCUT2D eigenvalue weighted by atomic mass is 16.2. The predicted molar refractivity (Wildman–Crippen MR) is 102 cm³/mol. The minimum absolute atomic E-state index is 0.107. The molecule has 1 atom stereocenters. The summed E-state index contributed by atoms with van der Waals surface area (Å²) in [4.78, 5) is 33.9. The number of nitrogens with one attached hydrogen (secondary N) is 3. The van der Waals surface area contributed by atoms with Crippen molar-refractivity contribution in [3.05, 3.63) is 23.9 Å². The van der Waals surface area contributed by atoms with Gasteiger partial charge in [0.15, 0.2) is 5.96 Å². The molecule has 0 spiro atoms. The van der Waals surface area contributed by atoms with Gasteiger partial charge in [-0.1, -0.05) is 13.0 Å². The lowest BCUT2D eigenvalue weighted by Gasteiger charge is -2.18. The van der Waals surface area contributed by atoms with Gasteiger partial charge < -0.3 is 20.9 Å². The first-order valence-corrected chi connectivity index (χ1v) is 8.99. The lowest BCUT2D eigenvalue weighted by molar-refractivity contribution is -0.129.